The summed E-state index contributed by atoms with van der Waals surface area (Å²) in [5.74, 6) is -0.314. The van der Waals surface area contributed by atoms with E-state index in [0.717, 1.165) is 5.69 Å². The zero-order chi connectivity index (χ0) is 16.1. The van der Waals surface area contributed by atoms with Crippen LogP contribution >= 0.6 is 0 Å². The van der Waals surface area contributed by atoms with Gasteiger partial charge in [0.2, 0.25) is 0 Å². The summed E-state index contributed by atoms with van der Waals surface area (Å²) in [5.41, 5.74) is 2.38. The lowest BCUT2D eigenvalue weighted by Crippen LogP contribution is -2.15. The van der Waals surface area contributed by atoms with Crippen LogP contribution in [0.1, 0.15) is 16.2 Å². The van der Waals surface area contributed by atoms with Gasteiger partial charge in [-0.1, -0.05) is 41.6 Å². The largest absolute Gasteiger partial charge is 0.378 e. The summed E-state index contributed by atoms with van der Waals surface area (Å²) in [6.45, 7) is 0.236. The first-order chi connectivity index (χ1) is 11.3. The third-order valence-corrected chi connectivity index (χ3v) is 3.29. The Balaban J connectivity index is 1.93. The SMILES string of the molecule is COCc1c(C(=O)Nc2ccccc2)nnn1-c1ccccc1. The summed E-state index contributed by atoms with van der Waals surface area (Å²) >= 11 is 0. The number of methoxy groups -OCH3 is 1. The molecule has 3 rings (SSSR count). The zero-order valence-corrected chi connectivity index (χ0v) is 12.6. The van der Waals surface area contributed by atoms with Crippen molar-refractivity contribution in [1.82, 2.24) is 15.0 Å². The van der Waals surface area contributed by atoms with Crippen LogP contribution in [0.2, 0.25) is 0 Å². The highest BCUT2D eigenvalue weighted by molar-refractivity contribution is 6.03. The highest BCUT2D eigenvalue weighted by Crippen LogP contribution is 2.15. The summed E-state index contributed by atoms with van der Waals surface area (Å²) in [6, 6.07) is 18.7. The van der Waals surface area contributed by atoms with E-state index in [1.807, 2.05) is 60.7 Å². The Bertz CT molecular complexity index is 785. The Morgan fingerprint density at radius 1 is 1.09 bits per heavy atom. The van der Waals surface area contributed by atoms with Crippen LogP contribution in [0.3, 0.4) is 0 Å². The Labute approximate surface area is 133 Å². The maximum absolute atomic E-state index is 12.5. The summed E-state index contributed by atoms with van der Waals surface area (Å²) in [5, 5.41) is 10.9. The molecule has 0 spiro atoms. The van der Waals surface area contributed by atoms with E-state index < -0.39 is 0 Å². The maximum Gasteiger partial charge on any atom is 0.278 e. The van der Waals surface area contributed by atoms with E-state index in [1.54, 1.807) is 11.8 Å². The second kappa shape index (κ2) is 6.85. The second-order valence-corrected chi connectivity index (χ2v) is 4.89. The smallest absolute Gasteiger partial charge is 0.278 e. The van der Waals surface area contributed by atoms with Gasteiger partial charge in [-0.15, -0.1) is 5.10 Å². The number of para-hydroxylation sites is 2. The van der Waals surface area contributed by atoms with Gasteiger partial charge in [-0.05, 0) is 24.3 Å². The monoisotopic (exact) mass is 308 g/mol. The van der Waals surface area contributed by atoms with Crippen molar-refractivity contribution >= 4 is 11.6 Å². The minimum atomic E-state index is -0.314. The number of nitrogens with one attached hydrogen (secondary N) is 1. The number of hydrogen-bond acceptors (Lipinski definition) is 4. The van der Waals surface area contributed by atoms with E-state index in [-0.39, 0.29) is 18.2 Å². The number of benzene rings is 2. The molecule has 6 nitrogen and oxygen atoms in total. The normalized spacial score (nSPS) is 10.5. The quantitative estimate of drug-likeness (QED) is 0.787. The van der Waals surface area contributed by atoms with Crippen LogP contribution < -0.4 is 5.32 Å². The van der Waals surface area contributed by atoms with Crippen LogP contribution in [0, 0.1) is 0 Å². The van der Waals surface area contributed by atoms with E-state index in [2.05, 4.69) is 15.6 Å². The fourth-order valence-electron chi connectivity index (χ4n) is 2.23. The van der Waals surface area contributed by atoms with Crippen molar-refractivity contribution in [3.63, 3.8) is 0 Å². The highest BCUT2D eigenvalue weighted by atomic mass is 16.5. The van der Waals surface area contributed by atoms with Gasteiger partial charge < -0.3 is 10.1 Å². The summed E-state index contributed by atoms with van der Waals surface area (Å²) in [6.07, 6.45) is 0. The number of ether oxygens (including phenoxy) is 1. The third-order valence-electron chi connectivity index (χ3n) is 3.29. The molecule has 0 atom stereocenters. The predicted molar refractivity (Wildman–Crippen MR) is 86.5 cm³/mol. The molecule has 0 unspecified atom stereocenters. The molecule has 1 N–H and O–H groups in total. The first-order valence-corrected chi connectivity index (χ1v) is 7.15. The number of carbonyl (C=O) groups excluding carboxylic acids is 1. The summed E-state index contributed by atoms with van der Waals surface area (Å²) in [7, 11) is 1.57. The molecular weight excluding hydrogens is 292 g/mol. The molecular formula is C17H16N4O2. The molecule has 0 saturated heterocycles. The minimum Gasteiger partial charge on any atom is -0.378 e. The van der Waals surface area contributed by atoms with Gasteiger partial charge in [0.1, 0.15) is 5.69 Å². The van der Waals surface area contributed by atoms with Gasteiger partial charge in [0.25, 0.3) is 5.91 Å². The van der Waals surface area contributed by atoms with E-state index in [0.29, 0.717) is 11.4 Å². The predicted octanol–water partition coefficient (Wildman–Crippen LogP) is 2.67. The van der Waals surface area contributed by atoms with E-state index in [4.69, 9.17) is 4.74 Å². The molecule has 2 aromatic carbocycles. The molecule has 0 saturated carbocycles. The number of hydrogen-bond donors (Lipinski definition) is 1. The van der Waals surface area contributed by atoms with Gasteiger partial charge in [-0.2, -0.15) is 0 Å². The van der Waals surface area contributed by atoms with Crippen molar-refractivity contribution in [2.45, 2.75) is 6.61 Å². The highest BCUT2D eigenvalue weighted by Gasteiger charge is 2.20. The van der Waals surface area contributed by atoms with Crippen molar-refractivity contribution in [2.24, 2.45) is 0 Å². The molecule has 0 aliphatic rings. The molecule has 1 amide bonds. The Morgan fingerprint density at radius 2 is 1.74 bits per heavy atom. The van der Waals surface area contributed by atoms with Crippen LogP contribution in [-0.2, 0) is 11.3 Å². The van der Waals surface area contributed by atoms with Crippen LogP contribution in [0.5, 0.6) is 0 Å². The van der Waals surface area contributed by atoms with E-state index in [9.17, 15) is 4.79 Å². The molecule has 116 valence electrons. The lowest BCUT2D eigenvalue weighted by atomic mass is 10.2. The molecule has 0 bridgehead atoms. The lowest BCUT2D eigenvalue weighted by molar-refractivity contribution is 0.101. The van der Waals surface area contributed by atoms with Crippen LogP contribution in [0.25, 0.3) is 5.69 Å². The van der Waals surface area contributed by atoms with Crippen molar-refractivity contribution in [2.75, 3.05) is 12.4 Å². The van der Waals surface area contributed by atoms with Gasteiger partial charge in [0, 0.05) is 12.8 Å². The number of aromatic nitrogens is 3. The summed E-state index contributed by atoms with van der Waals surface area (Å²) < 4.78 is 6.82. The van der Waals surface area contributed by atoms with Crippen molar-refractivity contribution in [3.8, 4) is 5.69 Å². The fourth-order valence-corrected chi connectivity index (χ4v) is 2.23. The van der Waals surface area contributed by atoms with Crippen LogP contribution in [0.4, 0.5) is 5.69 Å². The third kappa shape index (κ3) is 3.27. The van der Waals surface area contributed by atoms with Gasteiger partial charge in [0.15, 0.2) is 5.69 Å². The molecule has 0 aliphatic heterocycles. The average molecular weight is 308 g/mol. The molecule has 23 heavy (non-hydrogen) atoms. The Morgan fingerprint density at radius 3 is 2.39 bits per heavy atom. The molecule has 6 heteroatoms. The fraction of sp³-hybridized carbons (Fsp3) is 0.118. The standard InChI is InChI=1S/C17H16N4O2/c1-23-12-15-16(17(22)18-13-8-4-2-5-9-13)19-20-21(15)14-10-6-3-7-11-14/h2-11H,12H2,1H3,(H,18,22). The number of rotatable bonds is 5. The first kappa shape index (κ1) is 14.9. The lowest BCUT2D eigenvalue weighted by Gasteiger charge is -2.07. The van der Waals surface area contributed by atoms with Gasteiger partial charge in [-0.3, -0.25) is 4.79 Å². The average Bonchev–Trinajstić information content (AvgIpc) is 3.01. The molecule has 0 fully saturated rings. The molecule has 3 aromatic rings. The molecule has 1 heterocycles. The van der Waals surface area contributed by atoms with Crippen molar-refractivity contribution in [3.05, 3.63) is 72.1 Å². The number of nitrogens with zero attached hydrogens (tertiary/aromatic N) is 3. The zero-order valence-electron chi connectivity index (χ0n) is 12.6. The second-order valence-electron chi connectivity index (χ2n) is 4.89. The van der Waals surface area contributed by atoms with E-state index in [1.165, 1.54) is 0 Å². The molecule has 0 radical (unpaired) electrons. The van der Waals surface area contributed by atoms with Gasteiger partial charge in [0.05, 0.1) is 12.3 Å². The maximum atomic E-state index is 12.5. The number of carbonyl (C=O) groups is 1. The Hall–Kier alpha value is -2.99. The minimum absolute atomic E-state index is 0.236. The van der Waals surface area contributed by atoms with E-state index >= 15 is 0 Å². The number of amides is 1. The van der Waals surface area contributed by atoms with Crippen molar-refractivity contribution < 1.29 is 9.53 Å². The summed E-state index contributed by atoms with van der Waals surface area (Å²) in [4.78, 5) is 12.5. The number of anilines is 1. The first-order valence-electron chi connectivity index (χ1n) is 7.15. The molecule has 0 aliphatic carbocycles. The van der Waals surface area contributed by atoms with Gasteiger partial charge >= 0.3 is 0 Å². The molecule has 1 aromatic heterocycles. The topological polar surface area (TPSA) is 69.0 Å². The van der Waals surface area contributed by atoms with Crippen molar-refractivity contribution in [1.29, 1.82) is 0 Å². The van der Waals surface area contributed by atoms with Crippen LogP contribution in [0.15, 0.2) is 60.7 Å². The van der Waals surface area contributed by atoms with Crippen LogP contribution in [-0.4, -0.2) is 28.0 Å². The van der Waals surface area contributed by atoms with Gasteiger partial charge in [-0.25, -0.2) is 4.68 Å². The Kier molecular flexibility index (Phi) is 4.44.